The summed E-state index contributed by atoms with van der Waals surface area (Å²) >= 11 is 3.34. The fraction of sp³-hybridized carbons (Fsp3) is 0.136. The van der Waals surface area contributed by atoms with Gasteiger partial charge in [0.15, 0.2) is 6.61 Å². The van der Waals surface area contributed by atoms with E-state index in [0.29, 0.717) is 16.8 Å². The molecule has 1 heterocycles. The van der Waals surface area contributed by atoms with Gasteiger partial charge in [0, 0.05) is 29.4 Å². The average molecular weight is 473 g/mol. The Morgan fingerprint density at radius 3 is 2.50 bits per heavy atom. The highest BCUT2D eigenvalue weighted by atomic mass is 79.9. The average Bonchev–Trinajstić information content (AvgIpc) is 2.74. The minimum absolute atomic E-state index is 0.139. The molecule has 3 aromatic rings. The maximum absolute atomic E-state index is 14.5. The molecule has 30 heavy (non-hydrogen) atoms. The van der Waals surface area contributed by atoms with Crippen molar-refractivity contribution in [1.29, 1.82) is 0 Å². The van der Waals surface area contributed by atoms with Crippen LogP contribution in [-0.4, -0.2) is 35.1 Å². The lowest BCUT2D eigenvalue weighted by Gasteiger charge is -2.21. The molecule has 2 aromatic carbocycles. The number of carboxylic acid groups (broad SMARTS) is 1. The number of ether oxygens (including phenoxy) is 1. The Balaban J connectivity index is 2.11. The molecule has 0 fully saturated rings. The fourth-order valence-electron chi connectivity index (χ4n) is 2.96. The Kier molecular flexibility index (Phi) is 6.79. The van der Waals surface area contributed by atoms with Gasteiger partial charge in [0.25, 0.3) is 5.91 Å². The monoisotopic (exact) mass is 472 g/mol. The third-order valence-electron chi connectivity index (χ3n) is 4.28. The van der Waals surface area contributed by atoms with Crippen molar-refractivity contribution in [3.63, 3.8) is 0 Å². The van der Waals surface area contributed by atoms with E-state index in [1.54, 1.807) is 36.5 Å². The summed E-state index contributed by atoms with van der Waals surface area (Å²) < 4.78 is 20.2. The maximum Gasteiger partial charge on any atom is 0.341 e. The third-order valence-corrected chi connectivity index (χ3v) is 4.87. The maximum atomic E-state index is 14.5. The molecular formula is C22H18BrFN2O4. The lowest BCUT2D eigenvalue weighted by Crippen LogP contribution is -2.31. The molecule has 3 rings (SSSR count). The number of aliphatic carboxylic acids is 1. The highest BCUT2D eigenvalue weighted by Gasteiger charge is 2.22. The molecule has 0 saturated heterocycles. The third kappa shape index (κ3) is 4.65. The van der Waals surface area contributed by atoms with E-state index in [0.717, 1.165) is 0 Å². The lowest BCUT2D eigenvalue weighted by molar-refractivity contribution is -0.139. The molecular weight excluding hydrogens is 455 g/mol. The van der Waals surface area contributed by atoms with Gasteiger partial charge in [0.05, 0.1) is 4.47 Å². The van der Waals surface area contributed by atoms with E-state index in [1.807, 2.05) is 6.92 Å². The summed E-state index contributed by atoms with van der Waals surface area (Å²) in [7, 11) is 0. The van der Waals surface area contributed by atoms with Crippen LogP contribution in [0.25, 0.3) is 11.1 Å². The highest BCUT2D eigenvalue weighted by Crippen LogP contribution is 2.39. The van der Waals surface area contributed by atoms with E-state index in [9.17, 15) is 14.0 Å². The van der Waals surface area contributed by atoms with E-state index < -0.39 is 18.4 Å². The zero-order chi connectivity index (χ0) is 21.7. The van der Waals surface area contributed by atoms with Crippen LogP contribution in [-0.2, 0) is 4.79 Å². The Labute approximate surface area is 181 Å². The number of carbonyl (C=O) groups excluding carboxylic acids is 1. The van der Waals surface area contributed by atoms with Gasteiger partial charge in [-0.05, 0) is 53.2 Å². The van der Waals surface area contributed by atoms with Gasteiger partial charge >= 0.3 is 5.97 Å². The number of nitrogens with zero attached hydrogens (tertiary/aromatic N) is 2. The van der Waals surface area contributed by atoms with E-state index in [2.05, 4.69) is 20.9 Å². The number of hydrogen-bond acceptors (Lipinski definition) is 4. The number of anilines is 1. The van der Waals surface area contributed by atoms with Gasteiger partial charge in [0.1, 0.15) is 17.4 Å². The molecule has 8 heteroatoms. The molecule has 0 spiro atoms. The number of carboxylic acids is 1. The van der Waals surface area contributed by atoms with Crippen LogP contribution in [0.5, 0.6) is 5.75 Å². The molecule has 0 atom stereocenters. The van der Waals surface area contributed by atoms with E-state index in [1.165, 1.54) is 29.2 Å². The summed E-state index contributed by atoms with van der Waals surface area (Å²) in [6.07, 6.45) is 1.59. The zero-order valence-electron chi connectivity index (χ0n) is 16.0. The summed E-state index contributed by atoms with van der Waals surface area (Å²) in [5, 5.41) is 8.97. The van der Waals surface area contributed by atoms with Gasteiger partial charge in [-0.15, -0.1) is 0 Å². The quantitative estimate of drug-likeness (QED) is 0.535. The smallest absolute Gasteiger partial charge is 0.341 e. The van der Waals surface area contributed by atoms with Gasteiger partial charge in [-0.2, -0.15) is 0 Å². The van der Waals surface area contributed by atoms with Crippen LogP contribution in [0.1, 0.15) is 17.3 Å². The van der Waals surface area contributed by atoms with Crippen molar-refractivity contribution in [2.75, 3.05) is 18.1 Å². The Hall–Kier alpha value is -3.26. The number of halogens is 2. The zero-order valence-corrected chi connectivity index (χ0v) is 17.6. The van der Waals surface area contributed by atoms with Crippen LogP contribution in [0.3, 0.4) is 0 Å². The normalized spacial score (nSPS) is 10.5. The first-order valence-electron chi connectivity index (χ1n) is 9.08. The van der Waals surface area contributed by atoms with Crippen LogP contribution < -0.4 is 9.64 Å². The molecule has 0 radical (unpaired) electrons. The topological polar surface area (TPSA) is 79.7 Å². The number of hydrogen-bond donors (Lipinski definition) is 1. The van der Waals surface area contributed by atoms with E-state index >= 15 is 0 Å². The van der Waals surface area contributed by atoms with Crippen molar-refractivity contribution >= 4 is 33.6 Å². The highest BCUT2D eigenvalue weighted by molar-refractivity contribution is 9.10. The second-order valence-electron chi connectivity index (χ2n) is 6.23. The second kappa shape index (κ2) is 9.49. The Morgan fingerprint density at radius 1 is 1.13 bits per heavy atom. The predicted molar refractivity (Wildman–Crippen MR) is 114 cm³/mol. The van der Waals surface area contributed by atoms with Crippen molar-refractivity contribution in [1.82, 2.24) is 4.98 Å². The number of rotatable bonds is 7. The van der Waals surface area contributed by atoms with Crippen molar-refractivity contribution in [3.8, 4) is 16.9 Å². The van der Waals surface area contributed by atoms with Crippen LogP contribution in [0.2, 0.25) is 0 Å². The number of benzene rings is 2. The summed E-state index contributed by atoms with van der Waals surface area (Å²) in [6.45, 7) is 1.59. The SMILES string of the molecule is CCN(C(=O)c1cc(Br)c(OCC(=O)O)c(-c2ccccc2F)c1)c1ccccn1. The molecule has 0 bridgehead atoms. The van der Waals surface area contributed by atoms with Gasteiger partial charge < -0.3 is 9.84 Å². The molecule has 0 unspecified atom stereocenters. The molecule has 0 saturated carbocycles. The van der Waals surface area contributed by atoms with Gasteiger partial charge in [-0.3, -0.25) is 9.69 Å². The minimum Gasteiger partial charge on any atom is -0.480 e. The molecule has 154 valence electrons. The molecule has 0 aliphatic heterocycles. The Bertz CT molecular complexity index is 1080. The van der Waals surface area contributed by atoms with Crippen LogP contribution in [0.4, 0.5) is 10.2 Å². The summed E-state index contributed by atoms with van der Waals surface area (Å²) in [4.78, 5) is 29.9. The van der Waals surface area contributed by atoms with Gasteiger partial charge in [-0.1, -0.05) is 24.3 Å². The molecule has 0 aliphatic rings. The van der Waals surface area contributed by atoms with Crippen molar-refractivity contribution in [2.45, 2.75) is 6.92 Å². The van der Waals surface area contributed by atoms with E-state index in [-0.39, 0.29) is 28.3 Å². The van der Waals surface area contributed by atoms with Crippen molar-refractivity contribution in [2.24, 2.45) is 0 Å². The summed E-state index contributed by atoms with van der Waals surface area (Å²) in [5.41, 5.74) is 0.730. The molecule has 6 nitrogen and oxygen atoms in total. The molecule has 1 amide bonds. The number of amides is 1. The summed E-state index contributed by atoms with van der Waals surface area (Å²) in [5.74, 6) is -1.40. The van der Waals surface area contributed by atoms with Gasteiger partial charge in [0.2, 0.25) is 0 Å². The molecule has 0 aliphatic carbocycles. The molecule has 1 aromatic heterocycles. The first-order chi connectivity index (χ1) is 14.4. The molecule has 1 N–H and O–H groups in total. The minimum atomic E-state index is -1.17. The number of carbonyl (C=O) groups is 2. The van der Waals surface area contributed by atoms with Crippen molar-refractivity contribution in [3.05, 3.63) is 76.6 Å². The number of pyridine rings is 1. The second-order valence-corrected chi connectivity index (χ2v) is 7.09. The standard InChI is InChI=1S/C22H18BrFN2O4/c1-2-26(19-9-5-6-10-25-19)22(29)14-11-16(15-7-3-4-8-18(15)24)21(17(23)12-14)30-13-20(27)28/h3-12H,2,13H2,1H3,(H,27,28). The van der Waals surface area contributed by atoms with E-state index in [4.69, 9.17) is 9.84 Å². The van der Waals surface area contributed by atoms with Gasteiger partial charge in [-0.25, -0.2) is 14.2 Å². The number of aromatic nitrogens is 1. The van der Waals surface area contributed by atoms with Crippen LogP contribution in [0.15, 0.2) is 65.3 Å². The fourth-order valence-corrected chi connectivity index (χ4v) is 3.53. The lowest BCUT2D eigenvalue weighted by atomic mass is 10.0. The first-order valence-corrected chi connectivity index (χ1v) is 9.87. The predicted octanol–water partition coefficient (Wildman–Crippen LogP) is 4.78. The Morgan fingerprint density at radius 2 is 1.87 bits per heavy atom. The first kappa shape index (κ1) is 21.4. The van der Waals surface area contributed by atoms with Crippen LogP contribution in [0, 0.1) is 5.82 Å². The largest absolute Gasteiger partial charge is 0.480 e. The van der Waals surface area contributed by atoms with Crippen LogP contribution >= 0.6 is 15.9 Å². The van der Waals surface area contributed by atoms with Crippen molar-refractivity contribution < 1.29 is 23.8 Å². The summed E-state index contributed by atoms with van der Waals surface area (Å²) in [6, 6.07) is 14.3.